The van der Waals surface area contributed by atoms with Crippen molar-refractivity contribution in [3.05, 3.63) is 146 Å². The number of phosphoric acid groups is 1. The Morgan fingerprint density at radius 1 is 0.542 bits per heavy atom. The Morgan fingerprint density at radius 2 is 0.881 bits per heavy atom. The van der Waals surface area contributed by atoms with Gasteiger partial charge in [-0.15, -0.1) is 0 Å². The van der Waals surface area contributed by atoms with E-state index in [4.69, 9.17) is 9.26 Å². The molecular formula is C50H78NO7P. The Balaban J connectivity index is 3.72. The van der Waals surface area contributed by atoms with Gasteiger partial charge in [0.25, 0.3) is 7.82 Å². The second kappa shape index (κ2) is 41.1. The van der Waals surface area contributed by atoms with E-state index in [2.05, 4.69) is 157 Å². The summed E-state index contributed by atoms with van der Waals surface area (Å²) in [6.45, 7) is 1.75. The van der Waals surface area contributed by atoms with Crippen LogP contribution in [0.1, 0.15) is 110 Å². The zero-order valence-corrected chi connectivity index (χ0v) is 37.8. The van der Waals surface area contributed by atoms with Crippen LogP contribution in [0.15, 0.2) is 146 Å². The predicted molar refractivity (Wildman–Crippen MR) is 249 cm³/mol. The van der Waals surface area contributed by atoms with Crippen molar-refractivity contribution >= 4 is 13.8 Å². The molecule has 0 rings (SSSR count). The van der Waals surface area contributed by atoms with Crippen LogP contribution in [-0.4, -0.2) is 69.2 Å². The number of rotatable bonds is 37. The molecule has 0 aliphatic rings. The molecule has 0 saturated carbocycles. The summed E-state index contributed by atoms with van der Waals surface area (Å²) in [6.07, 6.45) is 66.0. The van der Waals surface area contributed by atoms with Crippen LogP contribution in [0.3, 0.4) is 0 Å². The molecular weight excluding hydrogens is 758 g/mol. The lowest BCUT2D eigenvalue weighted by Crippen LogP contribution is -2.37. The number of aliphatic hydroxyl groups is 1. The van der Waals surface area contributed by atoms with Crippen molar-refractivity contribution in [2.45, 2.75) is 116 Å². The lowest BCUT2D eigenvalue weighted by atomic mass is 10.2. The minimum atomic E-state index is -4.52. The van der Waals surface area contributed by atoms with Crippen LogP contribution in [0.25, 0.3) is 0 Å². The Labute approximate surface area is 359 Å². The number of nitrogens with zero attached hydrogens (tertiary/aromatic N) is 1. The largest absolute Gasteiger partial charge is 0.756 e. The Kier molecular flexibility index (Phi) is 38.6. The summed E-state index contributed by atoms with van der Waals surface area (Å²) in [4.78, 5) is 23.7. The van der Waals surface area contributed by atoms with Crippen LogP contribution in [0.2, 0.25) is 0 Å². The number of likely N-dealkylation sites (N-methyl/N-ethyl adjacent to an activating group) is 1. The molecule has 0 radical (unpaired) electrons. The lowest BCUT2D eigenvalue weighted by Gasteiger charge is -2.27. The van der Waals surface area contributed by atoms with E-state index in [1.54, 1.807) is 0 Å². The average molecular weight is 836 g/mol. The van der Waals surface area contributed by atoms with Crippen LogP contribution in [0.5, 0.6) is 0 Å². The van der Waals surface area contributed by atoms with E-state index in [-0.39, 0.29) is 19.6 Å². The van der Waals surface area contributed by atoms with Gasteiger partial charge in [-0.25, -0.2) is 0 Å². The molecule has 0 bridgehead atoms. The van der Waals surface area contributed by atoms with E-state index in [9.17, 15) is 19.4 Å². The SMILES string of the molecule is CC/C=C\C/C=C\C/C=C\C/C=C\C/C=C\C/C=C\C/C=C\C/C=C\C/C=C\C/C=C\C/C=C\C/C=C\CCCCC(=O)OCC(O)COP(=O)([O-])OCC[N+](C)(C)C. The first-order valence-electron chi connectivity index (χ1n) is 21.6. The van der Waals surface area contributed by atoms with Crippen molar-refractivity contribution in [2.75, 3.05) is 47.5 Å². The summed E-state index contributed by atoms with van der Waals surface area (Å²) in [5.74, 6) is -0.437. The fraction of sp³-hybridized carbons (Fsp3) is 0.500. The molecule has 59 heavy (non-hydrogen) atoms. The molecule has 1 N–H and O–H groups in total. The molecule has 0 saturated heterocycles. The van der Waals surface area contributed by atoms with Crippen LogP contribution in [0, 0.1) is 0 Å². The normalized spacial score (nSPS) is 15.2. The van der Waals surface area contributed by atoms with Crippen molar-refractivity contribution in [1.29, 1.82) is 0 Å². The molecule has 0 heterocycles. The quantitative estimate of drug-likeness (QED) is 0.0218. The number of quaternary nitrogens is 1. The van der Waals surface area contributed by atoms with E-state index < -0.39 is 26.5 Å². The van der Waals surface area contributed by atoms with Crippen molar-refractivity contribution in [3.8, 4) is 0 Å². The van der Waals surface area contributed by atoms with Gasteiger partial charge >= 0.3 is 5.97 Å². The van der Waals surface area contributed by atoms with Crippen LogP contribution < -0.4 is 4.89 Å². The summed E-state index contributed by atoms with van der Waals surface area (Å²) in [7, 11) is 1.20. The van der Waals surface area contributed by atoms with Crippen LogP contribution >= 0.6 is 7.82 Å². The predicted octanol–water partition coefficient (Wildman–Crippen LogP) is 12.0. The number of hydrogen-bond donors (Lipinski definition) is 1. The molecule has 330 valence electrons. The third kappa shape index (κ3) is 46.9. The third-order valence-electron chi connectivity index (χ3n) is 8.10. The minimum absolute atomic E-state index is 0.0236. The third-order valence-corrected chi connectivity index (χ3v) is 9.07. The van der Waals surface area contributed by atoms with Gasteiger partial charge in [0.05, 0.1) is 27.7 Å². The van der Waals surface area contributed by atoms with Crippen molar-refractivity contribution in [2.24, 2.45) is 0 Å². The Morgan fingerprint density at radius 3 is 1.22 bits per heavy atom. The molecule has 9 heteroatoms. The average Bonchev–Trinajstić information content (AvgIpc) is 3.19. The number of ether oxygens (including phenoxy) is 1. The fourth-order valence-electron chi connectivity index (χ4n) is 4.75. The standard InChI is InChI=1S/C50H78NO7P/c1-5-6-7-8-9-10-11-12-13-14-15-16-17-18-19-20-21-22-23-24-25-26-27-28-29-30-31-32-33-34-35-36-37-38-39-40-41-42-43-44-50(53)56-47-49(52)48-58-59(54,55)57-46-45-51(2,3)4/h6-7,9-10,12-13,15-16,18-19,21-22,24-25,27-28,30-31,33-34,36-37,39-40,49,52H,5,8,11,14,17,20,23,26,29,32,35,38,41-48H2,1-4H3/b7-6-,10-9-,13-12-,16-15-,19-18-,22-21-,25-24-,28-27-,31-30-,34-33-,37-36-,40-39-. The smallest absolute Gasteiger partial charge is 0.305 e. The molecule has 0 aromatic heterocycles. The first-order chi connectivity index (χ1) is 28.6. The number of carbonyl (C=O) groups excluding carboxylic acids is 1. The first-order valence-corrected chi connectivity index (χ1v) is 23.1. The van der Waals surface area contributed by atoms with Crippen LogP contribution in [0.4, 0.5) is 0 Å². The molecule has 2 atom stereocenters. The zero-order chi connectivity index (χ0) is 43.4. The van der Waals surface area contributed by atoms with Gasteiger partial charge < -0.3 is 28.3 Å². The maximum absolute atomic E-state index is 11.9. The second-order valence-electron chi connectivity index (χ2n) is 14.8. The topological polar surface area (TPSA) is 105 Å². The van der Waals surface area contributed by atoms with Gasteiger partial charge in [0.15, 0.2) is 0 Å². The van der Waals surface area contributed by atoms with E-state index in [1.807, 2.05) is 21.1 Å². The zero-order valence-electron chi connectivity index (χ0n) is 36.9. The minimum Gasteiger partial charge on any atom is -0.756 e. The number of phosphoric ester groups is 1. The summed E-state index contributed by atoms with van der Waals surface area (Å²) in [6, 6.07) is 0. The van der Waals surface area contributed by atoms with E-state index in [0.29, 0.717) is 17.4 Å². The van der Waals surface area contributed by atoms with Crippen molar-refractivity contribution in [3.63, 3.8) is 0 Å². The molecule has 2 unspecified atom stereocenters. The van der Waals surface area contributed by atoms with Gasteiger partial charge in [-0.05, 0) is 96.3 Å². The highest BCUT2D eigenvalue weighted by Gasteiger charge is 2.16. The van der Waals surface area contributed by atoms with Gasteiger partial charge in [0, 0.05) is 6.42 Å². The fourth-order valence-corrected chi connectivity index (χ4v) is 5.48. The summed E-state index contributed by atoms with van der Waals surface area (Å²) >= 11 is 0. The van der Waals surface area contributed by atoms with Crippen LogP contribution in [-0.2, 0) is 23.1 Å². The van der Waals surface area contributed by atoms with Crippen molar-refractivity contribution in [1.82, 2.24) is 0 Å². The maximum Gasteiger partial charge on any atom is 0.305 e. The highest BCUT2D eigenvalue weighted by atomic mass is 31.2. The maximum atomic E-state index is 11.9. The molecule has 0 spiro atoms. The molecule has 0 amide bonds. The molecule has 0 aromatic rings. The van der Waals surface area contributed by atoms with Crippen molar-refractivity contribution < 1.29 is 37.6 Å². The summed E-state index contributed by atoms with van der Waals surface area (Å²) in [5.41, 5.74) is 0. The highest BCUT2D eigenvalue weighted by Crippen LogP contribution is 2.38. The van der Waals surface area contributed by atoms with Gasteiger partial charge in [-0.1, -0.05) is 153 Å². The second-order valence-corrected chi connectivity index (χ2v) is 16.2. The highest BCUT2D eigenvalue weighted by molar-refractivity contribution is 7.45. The molecule has 0 fully saturated rings. The molecule has 0 aliphatic carbocycles. The number of carbonyl (C=O) groups is 1. The monoisotopic (exact) mass is 836 g/mol. The number of esters is 1. The van der Waals surface area contributed by atoms with Gasteiger partial charge in [-0.3, -0.25) is 9.36 Å². The van der Waals surface area contributed by atoms with E-state index in [0.717, 1.165) is 89.9 Å². The molecule has 0 aromatic carbocycles. The number of aliphatic hydroxyl groups excluding tert-OH is 1. The summed E-state index contributed by atoms with van der Waals surface area (Å²) < 4.78 is 26.8. The number of unbranched alkanes of at least 4 members (excludes halogenated alkanes) is 2. The lowest BCUT2D eigenvalue weighted by molar-refractivity contribution is -0.870. The number of allylic oxidation sites excluding steroid dienone is 24. The number of hydrogen-bond acceptors (Lipinski definition) is 7. The van der Waals surface area contributed by atoms with Gasteiger partial charge in [-0.2, -0.15) is 0 Å². The van der Waals surface area contributed by atoms with E-state index in [1.165, 1.54) is 0 Å². The molecule has 8 nitrogen and oxygen atoms in total. The Bertz CT molecular complexity index is 1440. The first kappa shape index (κ1) is 55.4. The van der Waals surface area contributed by atoms with Gasteiger partial charge in [0.2, 0.25) is 0 Å². The summed E-state index contributed by atoms with van der Waals surface area (Å²) in [5, 5.41) is 9.87. The van der Waals surface area contributed by atoms with E-state index >= 15 is 0 Å². The Hall–Kier alpha value is -3.62. The molecule has 0 aliphatic heterocycles. The van der Waals surface area contributed by atoms with Gasteiger partial charge in [0.1, 0.15) is 25.9 Å².